The van der Waals surface area contributed by atoms with E-state index in [0.717, 1.165) is 11.1 Å². The monoisotopic (exact) mass is 538 g/mol. The van der Waals surface area contributed by atoms with Crippen molar-refractivity contribution in [3.8, 4) is 23.0 Å². The molecule has 9 heteroatoms. The van der Waals surface area contributed by atoms with Crippen LogP contribution in [0.3, 0.4) is 0 Å². The summed E-state index contributed by atoms with van der Waals surface area (Å²) in [6.07, 6.45) is 3.76. The van der Waals surface area contributed by atoms with E-state index in [2.05, 4.69) is 0 Å². The molecule has 0 unspecified atom stereocenters. The van der Waals surface area contributed by atoms with Crippen molar-refractivity contribution in [3.05, 3.63) is 83.6 Å². The quantitative estimate of drug-likeness (QED) is 0.357. The lowest BCUT2D eigenvalue weighted by Crippen LogP contribution is -2.44. The molecule has 0 bridgehead atoms. The molecule has 2 fully saturated rings. The summed E-state index contributed by atoms with van der Waals surface area (Å²) in [5.41, 5.74) is 2.64. The predicted octanol–water partition coefficient (Wildman–Crippen LogP) is 3.87. The molecule has 4 aliphatic heterocycles. The number of ether oxygens (including phenoxy) is 4. The lowest BCUT2D eigenvalue weighted by molar-refractivity contribution is -0.123. The molecule has 202 valence electrons. The highest BCUT2D eigenvalue weighted by atomic mass is 16.6. The van der Waals surface area contributed by atoms with Crippen molar-refractivity contribution in [2.45, 2.75) is 12.1 Å². The zero-order valence-corrected chi connectivity index (χ0v) is 21.9. The minimum absolute atomic E-state index is 0.271. The third-order valence-corrected chi connectivity index (χ3v) is 8.18. The molecule has 3 aromatic rings. The molecule has 0 N–H and O–H groups in total. The summed E-state index contributed by atoms with van der Waals surface area (Å²) < 4.78 is 22.1. The lowest BCUT2D eigenvalue weighted by atomic mass is 9.83. The Morgan fingerprint density at radius 2 is 1.60 bits per heavy atom. The molecule has 0 aromatic heterocycles. The Hall–Kier alpha value is -4.79. The molecular formula is C31H26N2O7. The molecular weight excluding hydrogens is 512 g/mol. The van der Waals surface area contributed by atoms with E-state index in [1.807, 2.05) is 41.4 Å². The normalized spacial score (nSPS) is 23.9. The van der Waals surface area contributed by atoms with Gasteiger partial charge in [-0.3, -0.25) is 14.4 Å². The van der Waals surface area contributed by atoms with Crippen molar-refractivity contribution in [2.75, 3.05) is 32.3 Å². The van der Waals surface area contributed by atoms with Gasteiger partial charge in [-0.2, -0.15) is 0 Å². The predicted molar refractivity (Wildman–Crippen MR) is 145 cm³/mol. The number of imide groups is 1. The SMILES string of the molecule is COc1ccc(C(=O)[C@@H]2[C@@H]3C(=O)N(c4ccc5c(c4)OCCO5)C(=O)[C@H]3[C@H]3c4ccccc4C=CN23)cc1OC. The maximum absolute atomic E-state index is 14.2. The van der Waals surface area contributed by atoms with Gasteiger partial charge in [0.05, 0.1) is 37.8 Å². The van der Waals surface area contributed by atoms with Crippen LogP contribution in [0.25, 0.3) is 6.08 Å². The van der Waals surface area contributed by atoms with Crippen LogP contribution >= 0.6 is 0 Å². The van der Waals surface area contributed by atoms with Crippen molar-refractivity contribution in [1.82, 2.24) is 4.90 Å². The fraction of sp³-hybridized carbons (Fsp3) is 0.258. The Bertz CT molecular complexity index is 1600. The second-order valence-corrected chi connectivity index (χ2v) is 10.1. The second-order valence-electron chi connectivity index (χ2n) is 10.1. The number of hydrogen-bond acceptors (Lipinski definition) is 8. The number of fused-ring (bicyclic) bond motifs is 6. The minimum Gasteiger partial charge on any atom is -0.493 e. The van der Waals surface area contributed by atoms with Crippen molar-refractivity contribution in [3.63, 3.8) is 0 Å². The van der Waals surface area contributed by atoms with Crippen LogP contribution in [0.1, 0.15) is 27.5 Å². The number of methoxy groups -OCH3 is 2. The first kappa shape index (κ1) is 24.3. The van der Waals surface area contributed by atoms with Gasteiger partial charge in [0.1, 0.15) is 19.3 Å². The number of anilines is 1. The van der Waals surface area contributed by atoms with E-state index in [1.54, 1.807) is 36.4 Å². The van der Waals surface area contributed by atoms with E-state index in [1.165, 1.54) is 19.1 Å². The maximum Gasteiger partial charge on any atom is 0.240 e. The van der Waals surface area contributed by atoms with Gasteiger partial charge in [-0.25, -0.2) is 4.90 Å². The highest BCUT2D eigenvalue weighted by Crippen LogP contribution is 2.54. The number of ketones is 1. The summed E-state index contributed by atoms with van der Waals surface area (Å²) in [5, 5.41) is 0. The van der Waals surface area contributed by atoms with Gasteiger partial charge < -0.3 is 23.8 Å². The molecule has 0 saturated carbocycles. The highest BCUT2D eigenvalue weighted by molar-refractivity contribution is 6.24. The van der Waals surface area contributed by atoms with Crippen LogP contribution in [0, 0.1) is 11.8 Å². The van der Waals surface area contributed by atoms with E-state index in [0.29, 0.717) is 47.5 Å². The second kappa shape index (κ2) is 9.15. The molecule has 4 heterocycles. The number of carbonyl (C=O) groups is 3. The lowest BCUT2D eigenvalue weighted by Gasteiger charge is -2.35. The number of benzene rings is 3. The average molecular weight is 539 g/mol. The van der Waals surface area contributed by atoms with Gasteiger partial charge in [-0.05, 0) is 47.5 Å². The van der Waals surface area contributed by atoms with E-state index in [9.17, 15) is 14.4 Å². The summed E-state index contributed by atoms with van der Waals surface area (Å²) in [7, 11) is 3.03. The van der Waals surface area contributed by atoms with Crippen molar-refractivity contribution in [1.29, 1.82) is 0 Å². The number of nitrogens with zero attached hydrogens (tertiary/aromatic N) is 2. The minimum atomic E-state index is -0.892. The van der Waals surface area contributed by atoms with Gasteiger partial charge in [0.15, 0.2) is 28.8 Å². The first-order chi connectivity index (χ1) is 19.5. The molecule has 4 aliphatic rings. The molecule has 2 amide bonds. The zero-order chi connectivity index (χ0) is 27.5. The third-order valence-electron chi connectivity index (χ3n) is 8.18. The number of rotatable bonds is 5. The van der Waals surface area contributed by atoms with Crippen LogP contribution in [0.2, 0.25) is 0 Å². The zero-order valence-electron chi connectivity index (χ0n) is 21.9. The number of hydrogen-bond donors (Lipinski definition) is 0. The van der Waals surface area contributed by atoms with Crippen molar-refractivity contribution < 1.29 is 33.3 Å². The van der Waals surface area contributed by atoms with Crippen molar-refractivity contribution >= 4 is 29.4 Å². The first-order valence-corrected chi connectivity index (χ1v) is 13.1. The molecule has 9 nitrogen and oxygen atoms in total. The van der Waals surface area contributed by atoms with Crippen LogP contribution in [0.15, 0.2) is 66.9 Å². The summed E-state index contributed by atoms with van der Waals surface area (Å²) in [5.74, 6) is -0.716. The molecule has 0 spiro atoms. The highest BCUT2D eigenvalue weighted by Gasteiger charge is 2.64. The fourth-order valence-electron chi connectivity index (χ4n) is 6.44. The van der Waals surface area contributed by atoms with E-state index < -0.39 is 29.8 Å². The molecule has 2 saturated heterocycles. The molecule has 4 atom stereocenters. The Morgan fingerprint density at radius 1 is 0.850 bits per heavy atom. The topological polar surface area (TPSA) is 94.6 Å². The van der Waals surface area contributed by atoms with Crippen LogP contribution in [0.5, 0.6) is 23.0 Å². The van der Waals surface area contributed by atoms with Crippen LogP contribution in [-0.4, -0.2) is 56.0 Å². The molecule has 0 aliphatic carbocycles. The Labute approximate surface area is 230 Å². The number of carbonyl (C=O) groups excluding carboxylic acids is 3. The Balaban J connectivity index is 1.34. The van der Waals surface area contributed by atoms with E-state index in [4.69, 9.17) is 18.9 Å². The maximum atomic E-state index is 14.2. The fourth-order valence-corrected chi connectivity index (χ4v) is 6.44. The van der Waals surface area contributed by atoms with Crippen LogP contribution < -0.4 is 23.8 Å². The smallest absolute Gasteiger partial charge is 0.240 e. The third kappa shape index (κ3) is 3.43. The van der Waals surface area contributed by atoms with Gasteiger partial charge in [0, 0.05) is 17.8 Å². The largest absolute Gasteiger partial charge is 0.493 e. The van der Waals surface area contributed by atoms with Gasteiger partial charge >= 0.3 is 0 Å². The number of amides is 2. The average Bonchev–Trinajstić information content (AvgIpc) is 3.48. The van der Waals surface area contributed by atoms with Gasteiger partial charge in [0.2, 0.25) is 11.8 Å². The molecule has 3 aromatic carbocycles. The van der Waals surface area contributed by atoms with E-state index >= 15 is 0 Å². The summed E-state index contributed by atoms with van der Waals surface area (Å²) in [6, 6.07) is 16.4. The van der Waals surface area contributed by atoms with Crippen LogP contribution in [-0.2, 0) is 9.59 Å². The Morgan fingerprint density at radius 3 is 2.40 bits per heavy atom. The standard InChI is InChI=1S/C31H26N2O7/c1-37-21-9-7-18(15-23(21)38-2)29(34)28-26-25(27-20-6-4-3-5-17(20)11-12-32(27)28)30(35)33(31(26)36)19-8-10-22-24(16-19)40-14-13-39-22/h3-12,15-16,25-28H,13-14H2,1-2H3/t25-,26-,27-,28+/m1/s1. The van der Waals surface area contributed by atoms with Gasteiger partial charge in [-0.1, -0.05) is 24.3 Å². The summed E-state index contributed by atoms with van der Waals surface area (Å²) >= 11 is 0. The summed E-state index contributed by atoms with van der Waals surface area (Å²) in [6.45, 7) is 0.814. The molecule has 7 rings (SSSR count). The van der Waals surface area contributed by atoms with Gasteiger partial charge in [-0.15, -0.1) is 0 Å². The van der Waals surface area contributed by atoms with Crippen LogP contribution in [0.4, 0.5) is 5.69 Å². The van der Waals surface area contributed by atoms with Crippen molar-refractivity contribution in [2.24, 2.45) is 11.8 Å². The number of Topliss-reactive ketones (excluding diaryl/α,β-unsaturated/α-hetero) is 1. The Kier molecular flexibility index (Phi) is 5.55. The molecule has 0 radical (unpaired) electrons. The van der Waals surface area contributed by atoms with Gasteiger partial charge in [0.25, 0.3) is 0 Å². The van der Waals surface area contributed by atoms with E-state index in [-0.39, 0.29) is 11.7 Å². The molecule has 40 heavy (non-hydrogen) atoms. The first-order valence-electron chi connectivity index (χ1n) is 13.1. The summed E-state index contributed by atoms with van der Waals surface area (Å²) in [4.78, 5) is 45.6.